The summed E-state index contributed by atoms with van der Waals surface area (Å²) in [5.41, 5.74) is 7.43. The van der Waals surface area contributed by atoms with E-state index in [1.165, 1.54) is 5.56 Å². The third kappa shape index (κ3) is 1.65. The lowest BCUT2D eigenvalue weighted by Crippen LogP contribution is -2.02. The lowest BCUT2D eigenvalue weighted by molar-refractivity contribution is 0.962. The summed E-state index contributed by atoms with van der Waals surface area (Å²) in [4.78, 5) is 8.37. The van der Waals surface area contributed by atoms with Gasteiger partial charge in [0.25, 0.3) is 0 Å². The van der Waals surface area contributed by atoms with E-state index >= 15 is 0 Å². The van der Waals surface area contributed by atoms with Gasteiger partial charge in [0.2, 0.25) is 0 Å². The number of nitrogens with zero attached hydrogens (tertiary/aromatic N) is 2. The van der Waals surface area contributed by atoms with E-state index in [-0.39, 0.29) is 0 Å². The molecule has 0 fully saturated rings. The molecule has 0 aliphatic heterocycles. The molecule has 2 aromatic rings. The van der Waals surface area contributed by atoms with E-state index < -0.39 is 0 Å². The monoisotopic (exact) mass is 173 g/mol. The van der Waals surface area contributed by atoms with E-state index in [4.69, 9.17) is 5.73 Å². The van der Waals surface area contributed by atoms with Gasteiger partial charge in [0.15, 0.2) is 5.65 Å². The lowest BCUT2D eigenvalue weighted by atomic mass is 10.1. The number of fused-ring (bicyclic) bond motifs is 1. The van der Waals surface area contributed by atoms with Crippen LogP contribution in [0, 0.1) is 0 Å². The Kier molecular flexibility index (Phi) is 2.19. The number of nitrogens with two attached hydrogens (primary N) is 1. The van der Waals surface area contributed by atoms with Crippen molar-refractivity contribution >= 4 is 11.0 Å². The SMILES string of the molecule is NCCc1cnc2ncccc2c1. The molecule has 0 saturated carbocycles. The summed E-state index contributed by atoms with van der Waals surface area (Å²) in [5.74, 6) is 0. The van der Waals surface area contributed by atoms with Crippen LogP contribution in [-0.4, -0.2) is 16.5 Å². The summed E-state index contributed by atoms with van der Waals surface area (Å²) < 4.78 is 0. The molecule has 2 N–H and O–H groups in total. The van der Waals surface area contributed by atoms with E-state index in [0.717, 1.165) is 17.5 Å². The average Bonchev–Trinajstić information content (AvgIpc) is 2.18. The summed E-state index contributed by atoms with van der Waals surface area (Å²) in [7, 11) is 0. The maximum absolute atomic E-state index is 5.46. The van der Waals surface area contributed by atoms with Gasteiger partial charge in [-0.05, 0) is 36.7 Å². The second kappa shape index (κ2) is 3.49. The standard InChI is InChI=1S/C10H11N3/c11-4-3-8-6-9-2-1-5-12-10(9)13-7-8/h1-2,5-7H,3-4,11H2. The first-order valence-corrected chi connectivity index (χ1v) is 4.30. The van der Waals surface area contributed by atoms with Crippen molar-refractivity contribution in [1.82, 2.24) is 9.97 Å². The van der Waals surface area contributed by atoms with E-state index in [0.29, 0.717) is 6.54 Å². The molecule has 0 saturated heterocycles. The highest BCUT2D eigenvalue weighted by atomic mass is 14.8. The minimum atomic E-state index is 0.660. The van der Waals surface area contributed by atoms with Crippen LogP contribution in [0.4, 0.5) is 0 Å². The van der Waals surface area contributed by atoms with Crippen molar-refractivity contribution in [3.8, 4) is 0 Å². The van der Waals surface area contributed by atoms with Crippen LogP contribution < -0.4 is 5.73 Å². The number of hydrogen-bond acceptors (Lipinski definition) is 3. The molecule has 0 unspecified atom stereocenters. The second-order valence-corrected chi connectivity index (χ2v) is 2.93. The molecule has 0 aliphatic carbocycles. The van der Waals surface area contributed by atoms with Crippen LogP contribution in [0.25, 0.3) is 11.0 Å². The van der Waals surface area contributed by atoms with Gasteiger partial charge < -0.3 is 5.73 Å². The minimum absolute atomic E-state index is 0.660. The fourth-order valence-electron chi connectivity index (χ4n) is 1.31. The Hall–Kier alpha value is -1.48. The molecule has 2 rings (SSSR count). The molecule has 2 heterocycles. The first-order valence-electron chi connectivity index (χ1n) is 4.30. The van der Waals surface area contributed by atoms with Crippen molar-refractivity contribution in [3.05, 3.63) is 36.2 Å². The topological polar surface area (TPSA) is 51.8 Å². The van der Waals surface area contributed by atoms with Crippen LogP contribution in [-0.2, 0) is 6.42 Å². The third-order valence-corrected chi connectivity index (χ3v) is 1.94. The summed E-state index contributed by atoms with van der Waals surface area (Å²) in [6, 6.07) is 6.01. The Balaban J connectivity index is 2.49. The highest BCUT2D eigenvalue weighted by Crippen LogP contribution is 2.09. The Bertz CT molecular complexity index is 412. The Morgan fingerprint density at radius 3 is 3.08 bits per heavy atom. The molecule has 3 nitrogen and oxygen atoms in total. The smallest absolute Gasteiger partial charge is 0.159 e. The van der Waals surface area contributed by atoms with Crippen LogP contribution >= 0.6 is 0 Å². The fraction of sp³-hybridized carbons (Fsp3) is 0.200. The molecule has 66 valence electrons. The molecule has 0 radical (unpaired) electrons. The number of aromatic nitrogens is 2. The second-order valence-electron chi connectivity index (χ2n) is 2.93. The van der Waals surface area contributed by atoms with Gasteiger partial charge in [0.05, 0.1) is 0 Å². The fourth-order valence-corrected chi connectivity index (χ4v) is 1.31. The van der Waals surface area contributed by atoms with E-state index in [9.17, 15) is 0 Å². The van der Waals surface area contributed by atoms with Crippen molar-refractivity contribution < 1.29 is 0 Å². The quantitative estimate of drug-likeness (QED) is 0.740. The van der Waals surface area contributed by atoms with Crippen LogP contribution in [0.5, 0.6) is 0 Å². The third-order valence-electron chi connectivity index (χ3n) is 1.94. The molecule has 0 bridgehead atoms. The number of hydrogen-bond donors (Lipinski definition) is 1. The van der Waals surface area contributed by atoms with Gasteiger partial charge in [-0.25, -0.2) is 9.97 Å². The first kappa shape index (κ1) is 8.13. The Morgan fingerprint density at radius 1 is 1.31 bits per heavy atom. The predicted octanol–water partition coefficient (Wildman–Crippen LogP) is 1.13. The van der Waals surface area contributed by atoms with E-state index in [1.54, 1.807) is 6.20 Å². The molecule has 2 aromatic heterocycles. The van der Waals surface area contributed by atoms with E-state index in [1.807, 2.05) is 18.3 Å². The van der Waals surface area contributed by atoms with Gasteiger partial charge >= 0.3 is 0 Å². The molecular weight excluding hydrogens is 162 g/mol. The maximum Gasteiger partial charge on any atom is 0.159 e. The van der Waals surface area contributed by atoms with Crippen molar-refractivity contribution in [1.29, 1.82) is 0 Å². The van der Waals surface area contributed by atoms with Gasteiger partial charge in [-0.15, -0.1) is 0 Å². The average molecular weight is 173 g/mol. The summed E-state index contributed by atoms with van der Waals surface area (Å²) in [5, 5.41) is 1.08. The first-order chi connectivity index (χ1) is 6.40. The van der Waals surface area contributed by atoms with Crippen molar-refractivity contribution in [2.45, 2.75) is 6.42 Å². The van der Waals surface area contributed by atoms with Crippen LogP contribution in [0.3, 0.4) is 0 Å². The van der Waals surface area contributed by atoms with Crippen molar-refractivity contribution in [3.63, 3.8) is 0 Å². The summed E-state index contributed by atoms with van der Waals surface area (Å²) in [6.07, 6.45) is 4.46. The maximum atomic E-state index is 5.46. The Labute approximate surface area is 76.6 Å². The molecule has 0 aliphatic rings. The molecule has 3 heteroatoms. The minimum Gasteiger partial charge on any atom is -0.330 e. The van der Waals surface area contributed by atoms with Gasteiger partial charge in [-0.3, -0.25) is 0 Å². The highest BCUT2D eigenvalue weighted by Gasteiger charge is 1.96. The normalized spacial score (nSPS) is 10.5. The zero-order chi connectivity index (χ0) is 9.10. The predicted molar refractivity (Wildman–Crippen MR) is 52.3 cm³/mol. The number of rotatable bonds is 2. The van der Waals surface area contributed by atoms with Crippen LogP contribution in [0.2, 0.25) is 0 Å². The molecule has 0 spiro atoms. The largest absolute Gasteiger partial charge is 0.330 e. The lowest BCUT2D eigenvalue weighted by Gasteiger charge is -1.99. The van der Waals surface area contributed by atoms with Crippen molar-refractivity contribution in [2.75, 3.05) is 6.54 Å². The summed E-state index contributed by atoms with van der Waals surface area (Å²) >= 11 is 0. The van der Waals surface area contributed by atoms with Gasteiger partial charge in [-0.2, -0.15) is 0 Å². The van der Waals surface area contributed by atoms with E-state index in [2.05, 4.69) is 16.0 Å². The number of pyridine rings is 2. The molecule has 0 amide bonds. The van der Waals surface area contributed by atoms with Crippen molar-refractivity contribution in [2.24, 2.45) is 5.73 Å². The molecule has 0 aromatic carbocycles. The van der Waals surface area contributed by atoms with Gasteiger partial charge in [0, 0.05) is 17.8 Å². The van der Waals surface area contributed by atoms with Crippen LogP contribution in [0.15, 0.2) is 30.6 Å². The van der Waals surface area contributed by atoms with Gasteiger partial charge in [0.1, 0.15) is 0 Å². The van der Waals surface area contributed by atoms with Crippen LogP contribution in [0.1, 0.15) is 5.56 Å². The molecule has 13 heavy (non-hydrogen) atoms. The molecular formula is C10H11N3. The Morgan fingerprint density at radius 2 is 2.23 bits per heavy atom. The zero-order valence-electron chi connectivity index (χ0n) is 7.27. The zero-order valence-corrected chi connectivity index (χ0v) is 7.27. The molecule has 0 atom stereocenters. The highest BCUT2D eigenvalue weighted by molar-refractivity contribution is 5.74. The van der Waals surface area contributed by atoms with Gasteiger partial charge in [-0.1, -0.05) is 0 Å². The summed E-state index contributed by atoms with van der Waals surface area (Å²) in [6.45, 7) is 0.660.